The first kappa shape index (κ1) is 20.6. The molecule has 1 fully saturated rings. The Hall–Kier alpha value is -2.70. The molecule has 1 aliphatic rings. The maximum atomic E-state index is 13.0. The Labute approximate surface area is 177 Å². The van der Waals surface area contributed by atoms with Gasteiger partial charge in [0.25, 0.3) is 0 Å². The normalized spacial score (nSPS) is 15.9. The van der Waals surface area contributed by atoms with Crippen LogP contribution in [0.4, 0.5) is 5.69 Å². The summed E-state index contributed by atoms with van der Waals surface area (Å²) in [6, 6.07) is 20.3. The number of rotatable bonds is 6. The van der Waals surface area contributed by atoms with Crippen LogP contribution in [0, 0.1) is 5.92 Å². The van der Waals surface area contributed by atoms with Gasteiger partial charge in [0.15, 0.2) is 5.78 Å². The molecule has 30 heavy (non-hydrogen) atoms. The van der Waals surface area contributed by atoms with Crippen LogP contribution >= 0.6 is 0 Å². The zero-order valence-electron chi connectivity index (χ0n) is 17.0. The highest BCUT2D eigenvalue weighted by atomic mass is 32.2. The van der Waals surface area contributed by atoms with E-state index in [4.69, 9.17) is 0 Å². The summed E-state index contributed by atoms with van der Waals surface area (Å²) >= 11 is 0. The molecule has 6 heteroatoms. The van der Waals surface area contributed by atoms with Crippen LogP contribution in [-0.2, 0) is 10.0 Å². The van der Waals surface area contributed by atoms with Gasteiger partial charge >= 0.3 is 0 Å². The average Bonchev–Trinajstić information content (AvgIpc) is 2.78. The van der Waals surface area contributed by atoms with E-state index in [1.54, 1.807) is 18.2 Å². The van der Waals surface area contributed by atoms with E-state index in [0.717, 1.165) is 29.3 Å². The highest BCUT2D eigenvalue weighted by Gasteiger charge is 2.28. The molecule has 0 radical (unpaired) electrons. The maximum Gasteiger partial charge on any atom is 0.243 e. The fourth-order valence-corrected chi connectivity index (χ4v) is 5.38. The van der Waals surface area contributed by atoms with Crippen LogP contribution in [0.3, 0.4) is 0 Å². The number of anilines is 1. The third-order valence-corrected chi connectivity index (χ3v) is 7.66. The second-order valence-corrected chi connectivity index (χ2v) is 9.86. The van der Waals surface area contributed by atoms with E-state index in [-0.39, 0.29) is 17.2 Å². The first-order valence-corrected chi connectivity index (χ1v) is 11.7. The number of nitrogens with one attached hydrogen (secondary N) is 1. The van der Waals surface area contributed by atoms with Gasteiger partial charge in [0.2, 0.25) is 10.0 Å². The molecule has 0 saturated carbocycles. The number of sulfonamides is 1. The van der Waals surface area contributed by atoms with E-state index in [1.165, 1.54) is 10.4 Å². The standard InChI is InChI=1S/C24H26N2O3S/c1-18-12-14-26(15-13-18)30(28,29)21-9-4-8-20(16-21)24(27)17-25-23-11-5-7-19-6-2-3-10-22(19)23/h2-11,16,18,25H,12-15,17H2,1H3. The third kappa shape index (κ3) is 4.25. The number of carbonyl (C=O) groups is 1. The molecule has 0 spiro atoms. The smallest absolute Gasteiger partial charge is 0.243 e. The fraction of sp³-hybridized carbons (Fsp3) is 0.292. The summed E-state index contributed by atoms with van der Waals surface area (Å²) in [5.74, 6) is 0.400. The summed E-state index contributed by atoms with van der Waals surface area (Å²) in [4.78, 5) is 13.0. The highest BCUT2D eigenvalue weighted by Crippen LogP contribution is 2.25. The number of hydrogen-bond acceptors (Lipinski definition) is 4. The van der Waals surface area contributed by atoms with Gasteiger partial charge < -0.3 is 5.32 Å². The van der Waals surface area contributed by atoms with E-state index in [1.807, 2.05) is 42.5 Å². The zero-order valence-corrected chi connectivity index (χ0v) is 17.9. The molecule has 1 saturated heterocycles. The van der Waals surface area contributed by atoms with Crippen molar-refractivity contribution in [2.45, 2.75) is 24.7 Å². The largest absolute Gasteiger partial charge is 0.377 e. The summed E-state index contributed by atoms with van der Waals surface area (Å²) in [6.07, 6.45) is 1.74. The Morgan fingerprint density at radius 3 is 2.50 bits per heavy atom. The predicted molar refractivity (Wildman–Crippen MR) is 120 cm³/mol. The summed E-state index contributed by atoms with van der Waals surface area (Å²) in [7, 11) is -3.58. The van der Waals surface area contributed by atoms with Crippen molar-refractivity contribution in [3.8, 4) is 0 Å². The lowest BCUT2D eigenvalue weighted by molar-refractivity contribution is 0.101. The van der Waals surface area contributed by atoms with Crippen LogP contribution in [0.2, 0.25) is 0 Å². The van der Waals surface area contributed by atoms with Gasteiger partial charge in [-0.15, -0.1) is 0 Å². The molecule has 0 bridgehead atoms. The number of Topliss-reactive ketones (excluding diaryl/α,β-unsaturated/α-hetero) is 1. The van der Waals surface area contributed by atoms with Crippen LogP contribution in [0.1, 0.15) is 30.1 Å². The van der Waals surface area contributed by atoms with E-state index in [0.29, 0.717) is 24.6 Å². The predicted octanol–water partition coefficient (Wildman–Crippen LogP) is 4.56. The number of nitrogens with zero attached hydrogens (tertiary/aromatic N) is 1. The summed E-state index contributed by atoms with van der Waals surface area (Å²) in [6.45, 7) is 3.31. The second kappa shape index (κ2) is 8.58. The third-order valence-electron chi connectivity index (χ3n) is 5.77. The first-order chi connectivity index (χ1) is 14.4. The fourth-order valence-electron chi connectivity index (χ4n) is 3.86. The van der Waals surface area contributed by atoms with Gasteiger partial charge in [-0.1, -0.05) is 55.5 Å². The molecule has 5 nitrogen and oxygen atoms in total. The van der Waals surface area contributed by atoms with Crippen molar-refractivity contribution >= 4 is 32.3 Å². The molecular formula is C24H26N2O3S. The summed E-state index contributed by atoms with van der Waals surface area (Å²) in [5.41, 5.74) is 1.28. The Morgan fingerprint density at radius 1 is 1.00 bits per heavy atom. The Kier molecular flexibility index (Phi) is 5.88. The lowest BCUT2D eigenvalue weighted by Gasteiger charge is -2.29. The molecular weight excluding hydrogens is 396 g/mol. The van der Waals surface area contributed by atoms with E-state index >= 15 is 0 Å². The van der Waals surface area contributed by atoms with Gasteiger partial charge in [0, 0.05) is 29.7 Å². The van der Waals surface area contributed by atoms with Gasteiger partial charge in [-0.05, 0) is 42.3 Å². The Morgan fingerprint density at radius 2 is 1.70 bits per heavy atom. The molecule has 1 N–H and O–H groups in total. The molecule has 3 aromatic rings. The minimum atomic E-state index is -3.58. The lowest BCUT2D eigenvalue weighted by Crippen LogP contribution is -2.37. The average molecular weight is 423 g/mol. The number of piperidine rings is 1. The van der Waals surface area contributed by atoms with Gasteiger partial charge in [0.05, 0.1) is 11.4 Å². The van der Waals surface area contributed by atoms with Crippen molar-refractivity contribution in [3.63, 3.8) is 0 Å². The van der Waals surface area contributed by atoms with Crippen LogP contribution in [-0.4, -0.2) is 38.1 Å². The first-order valence-electron chi connectivity index (χ1n) is 10.3. The van der Waals surface area contributed by atoms with Crippen molar-refractivity contribution in [2.75, 3.05) is 25.0 Å². The molecule has 0 atom stereocenters. The van der Waals surface area contributed by atoms with Crippen LogP contribution in [0.5, 0.6) is 0 Å². The monoisotopic (exact) mass is 422 g/mol. The van der Waals surface area contributed by atoms with Crippen molar-refractivity contribution in [3.05, 3.63) is 72.3 Å². The van der Waals surface area contributed by atoms with Crippen LogP contribution < -0.4 is 5.32 Å². The summed E-state index contributed by atoms with van der Waals surface area (Å²) in [5, 5.41) is 5.34. The molecule has 0 aliphatic carbocycles. The van der Waals surface area contributed by atoms with E-state index in [2.05, 4.69) is 12.2 Å². The number of fused-ring (bicyclic) bond motifs is 1. The minimum absolute atomic E-state index is 0.0960. The van der Waals surface area contributed by atoms with Gasteiger partial charge in [0.1, 0.15) is 0 Å². The highest BCUT2D eigenvalue weighted by molar-refractivity contribution is 7.89. The number of hydrogen-bond donors (Lipinski definition) is 1. The SMILES string of the molecule is CC1CCN(S(=O)(=O)c2cccc(C(=O)CNc3cccc4ccccc34)c2)CC1. The molecule has 0 unspecified atom stereocenters. The van der Waals surface area contributed by atoms with Gasteiger partial charge in [-0.2, -0.15) is 4.31 Å². The van der Waals surface area contributed by atoms with Crippen molar-refractivity contribution in [1.29, 1.82) is 0 Å². The van der Waals surface area contributed by atoms with Crippen LogP contribution in [0.15, 0.2) is 71.6 Å². The lowest BCUT2D eigenvalue weighted by atomic mass is 10.0. The van der Waals surface area contributed by atoms with Crippen LogP contribution in [0.25, 0.3) is 10.8 Å². The second-order valence-electron chi connectivity index (χ2n) is 7.92. The van der Waals surface area contributed by atoms with Crippen molar-refractivity contribution in [2.24, 2.45) is 5.92 Å². The Bertz CT molecular complexity index is 1160. The Balaban J connectivity index is 1.50. The zero-order chi connectivity index (χ0) is 21.1. The van der Waals surface area contributed by atoms with Gasteiger partial charge in [-0.25, -0.2) is 8.42 Å². The number of ketones is 1. The van der Waals surface area contributed by atoms with Crippen molar-refractivity contribution in [1.82, 2.24) is 4.31 Å². The number of carbonyl (C=O) groups excluding carboxylic acids is 1. The molecule has 0 aromatic heterocycles. The maximum absolute atomic E-state index is 13.0. The quantitative estimate of drug-likeness (QED) is 0.592. The van der Waals surface area contributed by atoms with E-state index < -0.39 is 10.0 Å². The summed E-state index contributed by atoms with van der Waals surface area (Å²) < 4.78 is 27.5. The molecule has 3 aromatic carbocycles. The topological polar surface area (TPSA) is 66.5 Å². The van der Waals surface area contributed by atoms with E-state index in [9.17, 15) is 13.2 Å². The van der Waals surface area contributed by atoms with Crippen molar-refractivity contribution < 1.29 is 13.2 Å². The minimum Gasteiger partial charge on any atom is -0.377 e. The molecule has 0 amide bonds. The molecule has 4 rings (SSSR count). The molecule has 1 aliphatic heterocycles. The number of benzene rings is 3. The van der Waals surface area contributed by atoms with Gasteiger partial charge in [-0.3, -0.25) is 4.79 Å². The molecule has 1 heterocycles. The molecule has 156 valence electrons.